The molecule has 0 unspecified atom stereocenters. The van der Waals surface area contributed by atoms with E-state index in [1.54, 1.807) is 0 Å². The van der Waals surface area contributed by atoms with Crippen LogP contribution < -0.4 is 5.32 Å². The molecule has 1 saturated carbocycles. The molecule has 1 N–H and O–H groups in total. The maximum atomic E-state index is 5.80. The van der Waals surface area contributed by atoms with Crippen LogP contribution in [-0.2, 0) is 23.1 Å². The lowest BCUT2D eigenvalue weighted by Gasteiger charge is -2.55. The second-order valence-corrected chi connectivity index (χ2v) is 6.36. The summed E-state index contributed by atoms with van der Waals surface area (Å²) in [5.41, 5.74) is 1.46. The number of nitrogens with zero attached hydrogens (tertiary/aromatic N) is 3. The first-order chi connectivity index (χ1) is 10.7. The van der Waals surface area contributed by atoms with Gasteiger partial charge in [0.15, 0.2) is 0 Å². The Labute approximate surface area is 132 Å². The van der Waals surface area contributed by atoms with Crippen molar-refractivity contribution in [3.05, 3.63) is 18.0 Å². The fraction of sp³-hybridized carbons (Fsp3) is 0.812. The van der Waals surface area contributed by atoms with Crippen LogP contribution in [0.3, 0.4) is 0 Å². The number of aromatic nitrogens is 2. The van der Waals surface area contributed by atoms with Gasteiger partial charge in [-0.15, -0.1) is 0 Å². The minimum atomic E-state index is 0.238. The number of nitrogens with one attached hydrogen (secondary N) is 1. The van der Waals surface area contributed by atoms with E-state index < -0.39 is 0 Å². The van der Waals surface area contributed by atoms with Crippen LogP contribution in [0.2, 0.25) is 0 Å². The molecule has 0 atom stereocenters. The van der Waals surface area contributed by atoms with Crippen LogP contribution >= 0.6 is 0 Å². The number of rotatable bonds is 7. The lowest BCUT2D eigenvalue weighted by Crippen LogP contribution is -2.66. The molecule has 124 valence electrons. The summed E-state index contributed by atoms with van der Waals surface area (Å²) in [6.45, 7) is 8.52. The number of morpholine rings is 1. The maximum Gasteiger partial charge on any atom is 0.0611 e. The molecule has 6 heteroatoms. The van der Waals surface area contributed by atoms with Crippen LogP contribution in [0.4, 0.5) is 0 Å². The molecular weight excluding hydrogens is 280 g/mol. The lowest BCUT2D eigenvalue weighted by molar-refractivity contribution is -0.125. The van der Waals surface area contributed by atoms with Crippen molar-refractivity contribution < 1.29 is 9.47 Å². The number of hydrogen-bond donors (Lipinski definition) is 1. The Balaban J connectivity index is 1.56. The average Bonchev–Trinajstić information content (AvgIpc) is 2.91. The van der Waals surface area contributed by atoms with Crippen molar-refractivity contribution in [3.8, 4) is 0 Å². The first-order valence-electron chi connectivity index (χ1n) is 8.35. The summed E-state index contributed by atoms with van der Waals surface area (Å²) in [5.74, 6) is 0. The van der Waals surface area contributed by atoms with E-state index in [1.807, 2.05) is 17.9 Å². The highest BCUT2D eigenvalue weighted by Gasteiger charge is 2.48. The zero-order valence-corrected chi connectivity index (χ0v) is 13.8. The van der Waals surface area contributed by atoms with Gasteiger partial charge in [-0.3, -0.25) is 9.58 Å². The molecule has 0 bridgehead atoms. The Morgan fingerprint density at radius 3 is 2.82 bits per heavy atom. The Hall–Kier alpha value is -0.950. The van der Waals surface area contributed by atoms with Gasteiger partial charge in [0.05, 0.1) is 25.0 Å². The van der Waals surface area contributed by atoms with Crippen molar-refractivity contribution in [3.63, 3.8) is 0 Å². The molecule has 1 aliphatic carbocycles. The molecule has 6 nitrogen and oxygen atoms in total. The molecular formula is C16H28N4O2. The van der Waals surface area contributed by atoms with E-state index in [4.69, 9.17) is 9.47 Å². The summed E-state index contributed by atoms with van der Waals surface area (Å²) in [7, 11) is 1.99. The topological polar surface area (TPSA) is 51.5 Å². The molecule has 22 heavy (non-hydrogen) atoms. The van der Waals surface area contributed by atoms with Crippen LogP contribution in [0.25, 0.3) is 0 Å². The minimum absolute atomic E-state index is 0.238. The normalized spacial score (nSPS) is 29.5. The smallest absolute Gasteiger partial charge is 0.0611 e. The van der Waals surface area contributed by atoms with E-state index in [2.05, 4.69) is 28.3 Å². The summed E-state index contributed by atoms with van der Waals surface area (Å²) >= 11 is 0. The van der Waals surface area contributed by atoms with Gasteiger partial charge in [0.2, 0.25) is 0 Å². The molecule has 2 fully saturated rings. The Bertz CT molecular complexity index is 464. The molecule has 2 heterocycles. The van der Waals surface area contributed by atoms with Crippen molar-refractivity contribution in [1.29, 1.82) is 0 Å². The van der Waals surface area contributed by atoms with Crippen LogP contribution in [0.5, 0.6) is 0 Å². The molecule has 0 radical (unpaired) electrons. The zero-order valence-electron chi connectivity index (χ0n) is 13.8. The van der Waals surface area contributed by atoms with Crippen LogP contribution in [0, 0.1) is 0 Å². The maximum absolute atomic E-state index is 5.80. The van der Waals surface area contributed by atoms with Gasteiger partial charge in [0.1, 0.15) is 0 Å². The molecule has 1 aromatic rings. The fourth-order valence-electron chi connectivity index (χ4n) is 3.69. The summed E-state index contributed by atoms with van der Waals surface area (Å²) in [6, 6.07) is 2.07. The Morgan fingerprint density at radius 1 is 1.41 bits per heavy atom. The summed E-state index contributed by atoms with van der Waals surface area (Å²) < 4.78 is 13.2. The molecule has 0 spiro atoms. The van der Waals surface area contributed by atoms with E-state index in [0.29, 0.717) is 6.10 Å². The third kappa shape index (κ3) is 3.35. The van der Waals surface area contributed by atoms with E-state index >= 15 is 0 Å². The second-order valence-electron chi connectivity index (χ2n) is 6.36. The third-order valence-corrected chi connectivity index (χ3v) is 4.98. The molecule has 1 saturated heterocycles. The highest BCUT2D eigenvalue weighted by Crippen LogP contribution is 2.39. The molecule has 0 aromatic carbocycles. The van der Waals surface area contributed by atoms with E-state index in [-0.39, 0.29) is 5.54 Å². The lowest BCUT2D eigenvalue weighted by atomic mass is 9.72. The predicted molar refractivity (Wildman–Crippen MR) is 84.7 cm³/mol. The van der Waals surface area contributed by atoms with Crippen LogP contribution in [-0.4, -0.2) is 65.8 Å². The molecule has 0 amide bonds. The Kier molecular flexibility index (Phi) is 5.13. The van der Waals surface area contributed by atoms with Gasteiger partial charge in [-0.25, -0.2) is 0 Å². The van der Waals surface area contributed by atoms with Crippen molar-refractivity contribution in [2.45, 2.75) is 38.0 Å². The van der Waals surface area contributed by atoms with Crippen LogP contribution in [0.1, 0.15) is 25.5 Å². The summed E-state index contributed by atoms with van der Waals surface area (Å²) in [5, 5.41) is 7.85. The Morgan fingerprint density at radius 2 is 2.18 bits per heavy atom. The van der Waals surface area contributed by atoms with E-state index in [0.717, 1.165) is 58.8 Å². The predicted octanol–water partition coefficient (Wildman–Crippen LogP) is 0.780. The van der Waals surface area contributed by atoms with E-state index in [1.165, 1.54) is 5.69 Å². The highest BCUT2D eigenvalue weighted by atomic mass is 16.5. The number of aryl methyl sites for hydroxylation is 1. The van der Waals surface area contributed by atoms with Gasteiger partial charge >= 0.3 is 0 Å². The van der Waals surface area contributed by atoms with Crippen molar-refractivity contribution in [1.82, 2.24) is 20.0 Å². The van der Waals surface area contributed by atoms with E-state index in [9.17, 15) is 0 Å². The van der Waals surface area contributed by atoms with Gasteiger partial charge in [-0.2, -0.15) is 5.10 Å². The quantitative estimate of drug-likeness (QED) is 0.807. The summed E-state index contributed by atoms with van der Waals surface area (Å²) in [6.07, 6.45) is 4.52. The van der Waals surface area contributed by atoms with Gasteiger partial charge in [-0.05, 0) is 25.8 Å². The molecule has 3 rings (SSSR count). The van der Waals surface area contributed by atoms with Crippen molar-refractivity contribution >= 4 is 0 Å². The monoisotopic (exact) mass is 308 g/mol. The number of hydrogen-bond acceptors (Lipinski definition) is 5. The fourth-order valence-corrected chi connectivity index (χ4v) is 3.69. The number of ether oxygens (including phenoxy) is 2. The standard InChI is InChI=1S/C16H28N4O2/c1-3-22-15-10-16(11-15,20-6-8-21-9-7-20)13-17-12-14-4-5-18-19(14)2/h4-5,15,17H,3,6-13H2,1-2H3. The van der Waals surface area contributed by atoms with Gasteiger partial charge in [-0.1, -0.05) is 0 Å². The first kappa shape index (κ1) is 15.9. The van der Waals surface area contributed by atoms with Crippen molar-refractivity contribution in [2.75, 3.05) is 39.5 Å². The molecule has 1 aliphatic heterocycles. The second kappa shape index (κ2) is 7.08. The first-order valence-corrected chi connectivity index (χ1v) is 8.35. The third-order valence-electron chi connectivity index (χ3n) is 4.98. The van der Waals surface area contributed by atoms with Crippen LogP contribution in [0.15, 0.2) is 12.3 Å². The zero-order chi connectivity index (χ0) is 15.4. The summed E-state index contributed by atoms with van der Waals surface area (Å²) in [4.78, 5) is 2.60. The average molecular weight is 308 g/mol. The minimum Gasteiger partial charge on any atom is -0.379 e. The SMILES string of the molecule is CCOC1CC(CNCc2ccnn2C)(N2CCOCC2)C1. The van der Waals surface area contributed by atoms with Gasteiger partial charge in [0.25, 0.3) is 0 Å². The highest BCUT2D eigenvalue weighted by molar-refractivity contribution is 5.07. The van der Waals surface area contributed by atoms with Crippen molar-refractivity contribution in [2.24, 2.45) is 7.05 Å². The van der Waals surface area contributed by atoms with Gasteiger partial charge < -0.3 is 14.8 Å². The molecule has 2 aliphatic rings. The largest absolute Gasteiger partial charge is 0.379 e. The van der Waals surface area contributed by atoms with Gasteiger partial charge in [0, 0.05) is 51.6 Å². The molecule has 1 aromatic heterocycles.